The van der Waals surface area contributed by atoms with Gasteiger partial charge in [0.05, 0.1) is 23.8 Å². The Morgan fingerprint density at radius 2 is 1.88 bits per heavy atom. The van der Waals surface area contributed by atoms with Crippen molar-refractivity contribution < 1.29 is 19.1 Å². The fourth-order valence-corrected chi connectivity index (χ4v) is 2.86. The number of hydrogen-bond acceptors (Lipinski definition) is 7. The first-order valence-corrected chi connectivity index (χ1v) is 8.61. The Morgan fingerprint density at radius 1 is 1.20 bits per heavy atom. The number of para-hydroxylation sites is 1. The number of methoxy groups -OCH3 is 1. The molecular formula is C17H20N2O5S. The normalized spacial score (nSPS) is 11.4. The van der Waals surface area contributed by atoms with E-state index in [1.807, 2.05) is 0 Å². The highest BCUT2D eigenvalue weighted by Gasteiger charge is 2.19. The Kier molecular flexibility index (Phi) is 5.84. The van der Waals surface area contributed by atoms with Gasteiger partial charge in [0.2, 0.25) is 0 Å². The first-order valence-electron chi connectivity index (χ1n) is 7.62. The van der Waals surface area contributed by atoms with Gasteiger partial charge in [0, 0.05) is 0 Å². The minimum absolute atomic E-state index is 0.0246. The molecule has 0 saturated heterocycles. The van der Waals surface area contributed by atoms with E-state index in [9.17, 15) is 14.4 Å². The number of carbonyl (C=O) groups is 2. The van der Waals surface area contributed by atoms with Gasteiger partial charge in [-0.25, -0.2) is 4.98 Å². The quantitative estimate of drug-likeness (QED) is 0.455. The summed E-state index contributed by atoms with van der Waals surface area (Å²) in [6, 6.07) is 6.83. The van der Waals surface area contributed by atoms with Gasteiger partial charge in [-0.3, -0.25) is 19.0 Å². The Morgan fingerprint density at radius 3 is 2.52 bits per heavy atom. The summed E-state index contributed by atoms with van der Waals surface area (Å²) >= 11 is 1.05. The summed E-state index contributed by atoms with van der Waals surface area (Å²) in [5.41, 5.74) is -0.455. The average molecular weight is 364 g/mol. The minimum atomic E-state index is -0.597. The molecule has 0 aliphatic heterocycles. The number of hydrogen-bond donors (Lipinski definition) is 0. The monoisotopic (exact) mass is 364 g/mol. The third-order valence-electron chi connectivity index (χ3n) is 3.08. The summed E-state index contributed by atoms with van der Waals surface area (Å²) in [6.07, 6.45) is 0. The number of esters is 2. The third kappa shape index (κ3) is 5.06. The lowest BCUT2D eigenvalue weighted by molar-refractivity contribution is -0.151. The summed E-state index contributed by atoms with van der Waals surface area (Å²) in [4.78, 5) is 40.6. The summed E-state index contributed by atoms with van der Waals surface area (Å²) in [5, 5.41) is 0.660. The molecule has 0 fully saturated rings. The van der Waals surface area contributed by atoms with Crippen molar-refractivity contribution in [3.63, 3.8) is 0 Å². The van der Waals surface area contributed by atoms with Crippen molar-refractivity contribution in [1.29, 1.82) is 0 Å². The molecule has 2 aromatic rings. The molecule has 7 nitrogen and oxygen atoms in total. The van der Waals surface area contributed by atoms with Gasteiger partial charge in [0.1, 0.15) is 12.1 Å². The molecule has 0 atom stereocenters. The molecule has 1 aromatic heterocycles. The van der Waals surface area contributed by atoms with Gasteiger partial charge >= 0.3 is 11.9 Å². The van der Waals surface area contributed by atoms with Crippen molar-refractivity contribution in [3.05, 3.63) is 34.6 Å². The SMILES string of the molecule is COC(=O)Cn1c(SCC(=O)OC(C)(C)C)nc2ccccc2c1=O. The maximum absolute atomic E-state index is 12.7. The second kappa shape index (κ2) is 7.69. The van der Waals surface area contributed by atoms with E-state index >= 15 is 0 Å². The number of benzene rings is 1. The first-order chi connectivity index (χ1) is 11.7. The number of rotatable bonds is 5. The van der Waals surface area contributed by atoms with E-state index < -0.39 is 17.5 Å². The number of fused-ring (bicyclic) bond motifs is 1. The second-order valence-electron chi connectivity index (χ2n) is 6.25. The molecule has 0 unspecified atom stereocenters. The van der Waals surface area contributed by atoms with Gasteiger partial charge in [-0.15, -0.1) is 0 Å². The van der Waals surface area contributed by atoms with Gasteiger partial charge in [-0.05, 0) is 32.9 Å². The maximum Gasteiger partial charge on any atom is 0.325 e. The molecular weight excluding hydrogens is 344 g/mol. The van der Waals surface area contributed by atoms with E-state index in [0.29, 0.717) is 10.9 Å². The van der Waals surface area contributed by atoms with Crippen molar-refractivity contribution in [2.24, 2.45) is 0 Å². The van der Waals surface area contributed by atoms with Crippen LogP contribution in [-0.2, 0) is 25.6 Å². The predicted octanol–water partition coefficient (Wildman–Crippen LogP) is 2.00. The van der Waals surface area contributed by atoms with Crippen LogP contribution < -0.4 is 5.56 Å². The van der Waals surface area contributed by atoms with E-state index in [-0.39, 0.29) is 23.0 Å². The van der Waals surface area contributed by atoms with Crippen molar-refractivity contribution in [2.45, 2.75) is 38.1 Å². The van der Waals surface area contributed by atoms with Crippen molar-refractivity contribution in [2.75, 3.05) is 12.9 Å². The Labute approximate surface area is 149 Å². The van der Waals surface area contributed by atoms with Crippen LogP contribution in [0.5, 0.6) is 0 Å². The largest absolute Gasteiger partial charge is 0.468 e. The van der Waals surface area contributed by atoms with E-state index in [1.54, 1.807) is 45.0 Å². The Bertz CT molecular complexity index is 854. The van der Waals surface area contributed by atoms with E-state index in [0.717, 1.165) is 11.8 Å². The third-order valence-corrected chi connectivity index (χ3v) is 4.03. The van der Waals surface area contributed by atoms with Crippen LogP contribution in [0.4, 0.5) is 0 Å². The molecule has 0 spiro atoms. The highest BCUT2D eigenvalue weighted by molar-refractivity contribution is 7.99. The minimum Gasteiger partial charge on any atom is -0.468 e. The van der Waals surface area contributed by atoms with Gasteiger partial charge < -0.3 is 9.47 Å². The van der Waals surface area contributed by atoms with E-state index in [1.165, 1.54) is 11.7 Å². The van der Waals surface area contributed by atoms with E-state index in [2.05, 4.69) is 9.72 Å². The van der Waals surface area contributed by atoms with Gasteiger partial charge in [0.25, 0.3) is 5.56 Å². The molecule has 134 valence electrons. The maximum atomic E-state index is 12.7. The molecule has 0 N–H and O–H groups in total. The van der Waals surface area contributed by atoms with Crippen LogP contribution in [0.2, 0.25) is 0 Å². The molecule has 0 aliphatic carbocycles. The van der Waals surface area contributed by atoms with Crippen LogP contribution in [0.25, 0.3) is 10.9 Å². The number of carbonyl (C=O) groups excluding carboxylic acids is 2. The van der Waals surface area contributed by atoms with Crippen LogP contribution in [0.15, 0.2) is 34.2 Å². The zero-order valence-electron chi connectivity index (χ0n) is 14.6. The summed E-state index contributed by atoms with van der Waals surface area (Å²) < 4.78 is 11.1. The summed E-state index contributed by atoms with van der Waals surface area (Å²) in [5.74, 6) is -1.02. The summed E-state index contributed by atoms with van der Waals surface area (Å²) in [7, 11) is 1.25. The average Bonchev–Trinajstić information content (AvgIpc) is 2.54. The van der Waals surface area contributed by atoms with Gasteiger partial charge in [-0.1, -0.05) is 23.9 Å². The molecule has 0 bridgehead atoms. The lowest BCUT2D eigenvalue weighted by Gasteiger charge is -2.19. The molecule has 1 heterocycles. The zero-order valence-corrected chi connectivity index (χ0v) is 15.4. The molecule has 1 aromatic carbocycles. The van der Waals surface area contributed by atoms with Crippen molar-refractivity contribution in [1.82, 2.24) is 9.55 Å². The lowest BCUT2D eigenvalue weighted by atomic mass is 10.2. The van der Waals surface area contributed by atoms with Gasteiger partial charge in [0.15, 0.2) is 5.16 Å². The molecule has 0 saturated carbocycles. The molecule has 0 radical (unpaired) electrons. The second-order valence-corrected chi connectivity index (χ2v) is 7.20. The van der Waals surface area contributed by atoms with Gasteiger partial charge in [-0.2, -0.15) is 0 Å². The molecule has 25 heavy (non-hydrogen) atoms. The number of ether oxygens (including phenoxy) is 2. The smallest absolute Gasteiger partial charge is 0.325 e. The molecule has 0 aliphatic rings. The number of nitrogens with zero attached hydrogens (tertiary/aromatic N) is 2. The van der Waals surface area contributed by atoms with Crippen molar-refractivity contribution in [3.8, 4) is 0 Å². The lowest BCUT2D eigenvalue weighted by Crippen LogP contribution is -2.28. The number of aromatic nitrogens is 2. The molecule has 2 rings (SSSR count). The van der Waals surface area contributed by atoms with Crippen LogP contribution in [0.1, 0.15) is 20.8 Å². The molecule has 0 amide bonds. The molecule has 8 heteroatoms. The fraction of sp³-hybridized carbons (Fsp3) is 0.412. The highest BCUT2D eigenvalue weighted by Crippen LogP contribution is 2.19. The predicted molar refractivity (Wildman–Crippen MR) is 94.6 cm³/mol. The van der Waals surface area contributed by atoms with Crippen LogP contribution >= 0.6 is 11.8 Å². The number of thioether (sulfide) groups is 1. The van der Waals surface area contributed by atoms with Crippen molar-refractivity contribution >= 4 is 34.6 Å². The first kappa shape index (κ1) is 19.0. The standard InChI is InChI=1S/C17H20N2O5S/c1-17(2,3)24-14(21)10-25-16-18-12-8-6-5-7-11(12)15(22)19(16)9-13(20)23-4/h5-8H,9-10H2,1-4H3. The van der Waals surface area contributed by atoms with Crippen LogP contribution in [0.3, 0.4) is 0 Å². The van der Waals surface area contributed by atoms with Crippen LogP contribution in [-0.4, -0.2) is 40.0 Å². The topological polar surface area (TPSA) is 87.5 Å². The van der Waals surface area contributed by atoms with E-state index in [4.69, 9.17) is 4.74 Å². The van der Waals surface area contributed by atoms with Crippen LogP contribution in [0, 0.1) is 0 Å². The Hall–Kier alpha value is -2.35. The zero-order chi connectivity index (χ0) is 18.6. The highest BCUT2D eigenvalue weighted by atomic mass is 32.2. The Balaban J connectivity index is 2.36. The fourth-order valence-electron chi connectivity index (χ4n) is 2.09. The summed E-state index contributed by atoms with van der Waals surface area (Å²) in [6.45, 7) is 5.05.